The van der Waals surface area contributed by atoms with Gasteiger partial charge in [-0.15, -0.1) is 0 Å². The molecule has 0 aliphatic rings. The van der Waals surface area contributed by atoms with Gasteiger partial charge in [-0.25, -0.2) is 9.37 Å². The van der Waals surface area contributed by atoms with Crippen molar-refractivity contribution in [3.63, 3.8) is 0 Å². The zero-order valence-electron chi connectivity index (χ0n) is 19.6. The number of benzene rings is 2. The van der Waals surface area contributed by atoms with E-state index in [1.807, 2.05) is 18.2 Å². The van der Waals surface area contributed by atoms with E-state index in [1.54, 1.807) is 50.4 Å². The summed E-state index contributed by atoms with van der Waals surface area (Å²) >= 11 is 0. The van der Waals surface area contributed by atoms with E-state index in [9.17, 15) is 4.79 Å². The summed E-state index contributed by atoms with van der Waals surface area (Å²) < 4.78 is 37.1. The number of carbonyl (C=O) groups excluding carboxylic acids is 1. The first-order chi connectivity index (χ1) is 17.0. The first kappa shape index (κ1) is 24.4. The van der Waals surface area contributed by atoms with Crippen molar-refractivity contribution in [1.29, 1.82) is 0 Å². The lowest BCUT2D eigenvalue weighted by Gasteiger charge is -2.14. The number of hydrogen-bond acceptors (Lipinski definition) is 7. The molecule has 0 fully saturated rings. The predicted molar refractivity (Wildman–Crippen MR) is 129 cm³/mol. The summed E-state index contributed by atoms with van der Waals surface area (Å²) in [6.45, 7) is 2.29. The fourth-order valence-corrected chi connectivity index (χ4v) is 3.86. The molecule has 0 saturated heterocycles. The normalized spacial score (nSPS) is 12.0. The molecule has 0 saturated carbocycles. The number of hydrogen-bond donors (Lipinski definition) is 1. The largest absolute Gasteiger partial charge is 0.487 e. The average molecular weight is 479 g/mol. The minimum Gasteiger partial charge on any atom is -0.487 e. The number of methoxy groups -OCH3 is 1. The van der Waals surface area contributed by atoms with E-state index in [-0.39, 0.29) is 31.6 Å². The van der Waals surface area contributed by atoms with Crippen molar-refractivity contribution >= 4 is 17.1 Å². The van der Waals surface area contributed by atoms with Crippen molar-refractivity contribution in [2.75, 3.05) is 13.7 Å². The van der Waals surface area contributed by atoms with Gasteiger partial charge in [0, 0.05) is 42.0 Å². The fourth-order valence-electron chi connectivity index (χ4n) is 3.86. The van der Waals surface area contributed by atoms with E-state index >= 15 is 4.39 Å². The second-order valence-corrected chi connectivity index (χ2v) is 8.11. The standard InChI is InChI=1S/C27H27FN2O5/c1-17(15-32-2)35-25(31)12-18-6-3-4-9-24(18)34-16-20-13-22(27-23(30-20)10-11-33-27)21-8-5-7-19(14-29)26(21)28/h3-11,13,17H,12,14-16,29H2,1-2H3. The molecule has 2 heterocycles. The molecule has 182 valence electrons. The van der Waals surface area contributed by atoms with Crippen molar-refractivity contribution in [2.24, 2.45) is 5.73 Å². The van der Waals surface area contributed by atoms with Gasteiger partial charge in [0.2, 0.25) is 0 Å². The van der Waals surface area contributed by atoms with E-state index in [0.29, 0.717) is 51.4 Å². The van der Waals surface area contributed by atoms with Crippen LogP contribution in [-0.4, -0.2) is 30.8 Å². The van der Waals surface area contributed by atoms with Crippen LogP contribution < -0.4 is 10.5 Å². The number of ether oxygens (including phenoxy) is 3. The Morgan fingerprint density at radius 2 is 1.91 bits per heavy atom. The number of halogens is 1. The van der Waals surface area contributed by atoms with Gasteiger partial charge in [0.05, 0.1) is 25.0 Å². The molecule has 0 bridgehead atoms. The third-order valence-corrected chi connectivity index (χ3v) is 5.47. The molecule has 2 N–H and O–H groups in total. The van der Waals surface area contributed by atoms with Crippen LogP contribution in [0.5, 0.6) is 5.75 Å². The Morgan fingerprint density at radius 1 is 1.11 bits per heavy atom. The lowest BCUT2D eigenvalue weighted by molar-refractivity contribution is -0.149. The number of pyridine rings is 1. The van der Waals surface area contributed by atoms with Gasteiger partial charge < -0.3 is 24.4 Å². The summed E-state index contributed by atoms with van der Waals surface area (Å²) in [5.41, 5.74) is 9.38. The van der Waals surface area contributed by atoms with E-state index in [0.717, 1.165) is 0 Å². The highest BCUT2D eigenvalue weighted by Gasteiger charge is 2.17. The second-order valence-electron chi connectivity index (χ2n) is 8.11. The Bertz CT molecular complexity index is 1320. The zero-order chi connectivity index (χ0) is 24.8. The second kappa shape index (κ2) is 11.1. The van der Waals surface area contributed by atoms with Crippen molar-refractivity contribution in [3.05, 3.63) is 83.5 Å². The van der Waals surface area contributed by atoms with Crippen LogP contribution >= 0.6 is 0 Å². The van der Waals surface area contributed by atoms with Gasteiger partial charge in [0.1, 0.15) is 29.8 Å². The molecular weight excluding hydrogens is 451 g/mol. The van der Waals surface area contributed by atoms with Crippen LogP contribution in [0.1, 0.15) is 23.7 Å². The Hall–Kier alpha value is -3.75. The minimum atomic E-state index is -0.391. The van der Waals surface area contributed by atoms with E-state index in [1.165, 1.54) is 6.26 Å². The zero-order valence-corrected chi connectivity index (χ0v) is 19.6. The molecule has 0 spiro atoms. The molecule has 0 amide bonds. The highest BCUT2D eigenvalue weighted by Crippen LogP contribution is 2.33. The Kier molecular flexibility index (Phi) is 7.74. The molecule has 1 unspecified atom stereocenters. The topological polar surface area (TPSA) is 96.8 Å². The third kappa shape index (κ3) is 5.67. The lowest BCUT2D eigenvalue weighted by Crippen LogP contribution is -2.21. The maximum atomic E-state index is 15.1. The van der Waals surface area contributed by atoms with Gasteiger partial charge in [-0.1, -0.05) is 36.4 Å². The third-order valence-electron chi connectivity index (χ3n) is 5.47. The summed E-state index contributed by atoms with van der Waals surface area (Å²) in [6.07, 6.45) is 1.23. The van der Waals surface area contributed by atoms with Crippen molar-refractivity contribution < 1.29 is 27.8 Å². The van der Waals surface area contributed by atoms with Gasteiger partial charge in [-0.05, 0) is 19.1 Å². The molecular formula is C27H27FN2O5. The van der Waals surface area contributed by atoms with Crippen molar-refractivity contribution in [3.8, 4) is 16.9 Å². The number of fused-ring (bicyclic) bond motifs is 1. The number of rotatable bonds is 10. The number of para-hydroxylation sites is 1. The molecule has 2 aromatic carbocycles. The average Bonchev–Trinajstić information content (AvgIpc) is 3.32. The summed E-state index contributed by atoms with van der Waals surface area (Å²) in [7, 11) is 1.55. The Morgan fingerprint density at radius 3 is 2.71 bits per heavy atom. The predicted octanol–water partition coefficient (Wildman–Crippen LogP) is 4.79. The van der Waals surface area contributed by atoms with Crippen LogP contribution in [-0.2, 0) is 33.8 Å². The fraction of sp³-hybridized carbons (Fsp3) is 0.259. The van der Waals surface area contributed by atoms with Crippen LogP contribution in [0.3, 0.4) is 0 Å². The highest BCUT2D eigenvalue weighted by atomic mass is 19.1. The Labute approximate surface area is 202 Å². The van der Waals surface area contributed by atoms with Gasteiger partial charge >= 0.3 is 5.97 Å². The molecule has 0 aliphatic heterocycles. The number of nitrogens with two attached hydrogens (primary N) is 1. The first-order valence-corrected chi connectivity index (χ1v) is 11.2. The van der Waals surface area contributed by atoms with Crippen molar-refractivity contribution in [1.82, 2.24) is 4.98 Å². The Balaban J connectivity index is 1.57. The number of esters is 1. The maximum Gasteiger partial charge on any atom is 0.310 e. The van der Waals surface area contributed by atoms with Crippen LogP contribution in [0.15, 0.2) is 65.3 Å². The van der Waals surface area contributed by atoms with Gasteiger partial charge in [-0.3, -0.25) is 4.79 Å². The molecule has 0 aliphatic carbocycles. The molecule has 7 nitrogen and oxygen atoms in total. The van der Waals surface area contributed by atoms with Crippen molar-refractivity contribution in [2.45, 2.75) is 32.6 Å². The maximum absolute atomic E-state index is 15.1. The smallest absolute Gasteiger partial charge is 0.310 e. The number of furan rings is 1. The quantitative estimate of drug-likeness (QED) is 0.327. The summed E-state index contributed by atoms with van der Waals surface area (Å²) in [6, 6.07) is 15.8. The number of aromatic nitrogens is 1. The molecule has 35 heavy (non-hydrogen) atoms. The lowest BCUT2D eigenvalue weighted by atomic mass is 10.0. The van der Waals surface area contributed by atoms with Crippen LogP contribution in [0.2, 0.25) is 0 Å². The molecule has 1 atom stereocenters. The van der Waals surface area contributed by atoms with Gasteiger partial charge in [0.15, 0.2) is 5.58 Å². The molecule has 2 aromatic heterocycles. The van der Waals surface area contributed by atoms with Crippen LogP contribution in [0, 0.1) is 5.82 Å². The van der Waals surface area contributed by atoms with Gasteiger partial charge in [-0.2, -0.15) is 0 Å². The van der Waals surface area contributed by atoms with Crippen LogP contribution in [0.25, 0.3) is 22.2 Å². The van der Waals surface area contributed by atoms with E-state index in [4.69, 9.17) is 24.4 Å². The van der Waals surface area contributed by atoms with E-state index < -0.39 is 5.82 Å². The summed E-state index contributed by atoms with van der Waals surface area (Å²) in [4.78, 5) is 16.9. The van der Waals surface area contributed by atoms with Gasteiger partial charge in [0.25, 0.3) is 0 Å². The summed E-state index contributed by atoms with van der Waals surface area (Å²) in [5, 5.41) is 0. The summed E-state index contributed by atoms with van der Waals surface area (Å²) in [5.74, 6) is -0.228. The van der Waals surface area contributed by atoms with E-state index in [2.05, 4.69) is 4.98 Å². The highest BCUT2D eigenvalue weighted by molar-refractivity contribution is 5.90. The molecule has 4 aromatic rings. The minimum absolute atomic E-state index is 0.0563. The molecule has 8 heteroatoms. The number of nitrogens with zero attached hydrogens (tertiary/aromatic N) is 1. The monoisotopic (exact) mass is 478 g/mol. The first-order valence-electron chi connectivity index (χ1n) is 11.2. The number of carbonyl (C=O) groups is 1. The SMILES string of the molecule is COCC(C)OC(=O)Cc1ccccc1OCc1cc(-c2cccc(CN)c2F)c2occc2n1. The molecule has 4 rings (SSSR count). The molecule has 0 radical (unpaired) electrons. The van der Waals surface area contributed by atoms with Crippen LogP contribution in [0.4, 0.5) is 4.39 Å².